The zero-order valence-corrected chi connectivity index (χ0v) is 11.0. The first-order valence-corrected chi connectivity index (χ1v) is 5.89. The van der Waals surface area contributed by atoms with Gasteiger partial charge in [-0.2, -0.15) is 0 Å². The van der Waals surface area contributed by atoms with Crippen LogP contribution < -0.4 is 11.1 Å². The third-order valence-electron chi connectivity index (χ3n) is 2.90. The third-order valence-corrected chi connectivity index (χ3v) is 2.90. The molecule has 4 N–H and O–H groups in total. The Morgan fingerprint density at radius 2 is 2.00 bits per heavy atom. The second-order valence-electron chi connectivity index (χ2n) is 4.60. The van der Waals surface area contributed by atoms with Crippen molar-refractivity contribution >= 4 is 5.84 Å². The highest BCUT2D eigenvalue weighted by molar-refractivity contribution is 5.82. The van der Waals surface area contributed by atoms with Crippen LogP contribution >= 0.6 is 0 Å². The van der Waals surface area contributed by atoms with Crippen LogP contribution in [0.4, 0.5) is 4.39 Å². The molecule has 100 valence electrons. The highest BCUT2D eigenvalue weighted by Crippen LogP contribution is 2.14. The van der Waals surface area contributed by atoms with Crippen LogP contribution in [0.25, 0.3) is 0 Å². The number of rotatable bonds is 5. The van der Waals surface area contributed by atoms with Gasteiger partial charge in [0.05, 0.1) is 0 Å². The van der Waals surface area contributed by atoms with Crippen LogP contribution in [0.1, 0.15) is 23.6 Å². The van der Waals surface area contributed by atoms with Crippen LogP contribution in [0.5, 0.6) is 0 Å². The van der Waals surface area contributed by atoms with Crippen molar-refractivity contribution in [3.63, 3.8) is 0 Å². The number of amidine groups is 1. The summed E-state index contributed by atoms with van der Waals surface area (Å²) >= 11 is 0. The van der Waals surface area contributed by atoms with E-state index in [0.717, 1.165) is 5.56 Å². The van der Waals surface area contributed by atoms with E-state index in [2.05, 4.69) is 10.5 Å². The van der Waals surface area contributed by atoms with Crippen molar-refractivity contribution in [3.8, 4) is 0 Å². The summed E-state index contributed by atoms with van der Waals surface area (Å²) in [6.45, 7) is 6.61. The number of hydrogen-bond donors (Lipinski definition) is 3. The molecule has 0 amide bonds. The maximum atomic E-state index is 13.4. The normalized spacial score (nSPS) is 13.7. The first kappa shape index (κ1) is 14.4. The molecule has 0 radical (unpaired) electrons. The van der Waals surface area contributed by atoms with E-state index in [1.54, 1.807) is 13.8 Å². The third kappa shape index (κ3) is 3.70. The molecule has 1 rings (SSSR count). The number of hydrogen-bond acceptors (Lipinski definition) is 3. The summed E-state index contributed by atoms with van der Waals surface area (Å²) in [5.74, 6) is 0.00962. The number of nitrogens with one attached hydrogen (secondary N) is 1. The molecule has 0 spiro atoms. The number of aryl methyl sites for hydroxylation is 2. The quantitative estimate of drug-likeness (QED) is 0.325. The fourth-order valence-electron chi connectivity index (χ4n) is 1.77. The van der Waals surface area contributed by atoms with Gasteiger partial charge in [0.25, 0.3) is 0 Å². The minimum absolute atomic E-state index is 0.0438. The van der Waals surface area contributed by atoms with Crippen molar-refractivity contribution in [3.05, 3.63) is 34.6 Å². The second-order valence-corrected chi connectivity index (χ2v) is 4.60. The highest BCUT2D eigenvalue weighted by atomic mass is 19.1. The molecule has 1 atom stereocenters. The van der Waals surface area contributed by atoms with Gasteiger partial charge in [0.1, 0.15) is 11.7 Å². The van der Waals surface area contributed by atoms with Gasteiger partial charge in [0.15, 0.2) is 0 Å². The lowest BCUT2D eigenvalue weighted by atomic mass is 10.1. The van der Waals surface area contributed by atoms with Crippen LogP contribution in [-0.4, -0.2) is 17.6 Å². The zero-order valence-electron chi connectivity index (χ0n) is 11.0. The zero-order chi connectivity index (χ0) is 13.7. The summed E-state index contributed by atoms with van der Waals surface area (Å²) in [6, 6.07) is 3.65. The number of halogens is 1. The van der Waals surface area contributed by atoms with Gasteiger partial charge in [0.2, 0.25) is 0 Å². The Balaban J connectivity index is 2.55. The van der Waals surface area contributed by atoms with E-state index < -0.39 is 0 Å². The van der Waals surface area contributed by atoms with Crippen LogP contribution in [0.2, 0.25) is 0 Å². The molecule has 5 heteroatoms. The fourth-order valence-corrected chi connectivity index (χ4v) is 1.77. The predicted octanol–water partition coefficient (Wildman–Crippen LogP) is 1.91. The number of oxime groups is 1. The average Bonchev–Trinajstić information content (AvgIpc) is 2.34. The molecular formula is C13H20FN3O. The summed E-state index contributed by atoms with van der Waals surface area (Å²) in [5, 5.41) is 14.7. The molecular weight excluding hydrogens is 233 g/mol. The highest BCUT2D eigenvalue weighted by Gasteiger charge is 2.08. The molecule has 4 nitrogen and oxygen atoms in total. The average molecular weight is 253 g/mol. The van der Waals surface area contributed by atoms with E-state index in [9.17, 15) is 4.39 Å². The molecule has 1 unspecified atom stereocenters. The van der Waals surface area contributed by atoms with Gasteiger partial charge in [-0.3, -0.25) is 0 Å². The Hall–Kier alpha value is -1.62. The molecule has 0 aliphatic carbocycles. The van der Waals surface area contributed by atoms with Crippen molar-refractivity contribution < 1.29 is 9.60 Å². The lowest BCUT2D eigenvalue weighted by molar-refractivity contribution is 0.314. The van der Waals surface area contributed by atoms with Crippen LogP contribution in [0.15, 0.2) is 17.3 Å². The van der Waals surface area contributed by atoms with Crippen LogP contribution in [-0.2, 0) is 6.54 Å². The van der Waals surface area contributed by atoms with Crippen molar-refractivity contribution in [2.75, 3.05) is 6.54 Å². The van der Waals surface area contributed by atoms with E-state index in [0.29, 0.717) is 24.2 Å². The smallest absolute Gasteiger partial charge is 0.143 e. The molecule has 0 saturated carbocycles. The van der Waals surface area contributed by atoms with Crippen LogP contribution in [0, 0.1) is 25.6 Å². The van der Waals surface area contributed by atoms with E-state index in [-0.39, 0.29) is 17.6 Å². The summed E-state index contributed by atoms with van der Waals surface area (Å²) < 4.78 is 13.4. The summed E-state index contributed by atoms with van der Waals surface area (Å²) in [4.78, 5) is 0. The maximum absolute atomic E-state index is 13.4. The number of nitrogens with two attached hydrogens (primary N) is 1. The Labute approximate surface area is 107 Å². The van der Waals surface area contributed by atoms with Gasteiger partial charge in [-0.1, -0.05) is 24.2 Å². The molecule has 0 aliphatic heterocycles. The van der Waals surface area contributed by atoms with Gasteiger partial charge < -0.3 is 16.3 Å². The van der Waals surface area contributed by atoms with Crippen LogP contribution in [0.3, 0.4) is 0 Å². The van der Waals surface area contributed by atoms with Gasteiger partial charge in [0, 0.05) is 19.0 Å². The van der Waals surface area contributed by atoms with E-state index in [4.69, 9.17) is 10.9 Å². The molecule has 0 aromatic heterocycles. The lowest BCUT2D eigenvalue weighted by Crippen LogP contribution is -2.31. The molecule has 1 aromatic rings. The Morgan fingerprint density at radius 1 is 1.44 bits per heavy atom. The summed E-state index contributed by atoms with van der Waals surface area (Å²) in [7, 11) is 0. The fraction of sp³-hybridized carbons (Fsp3) is 0.462. The summed E-state index contributed by atoms with van der Waals surface area (Å²) in [6.07, 6.45) is 0. The van der Waals surface area contributed by atoms with Gasteiger partial charge in [-0.15, -0.1) is 0 Å². The second kappa shape index (κ2) is 6.35. The minimum Gasteiger partial charge on any atom is -0.409 e. The Morgan fingerprint density at radius 3 is 2.50 bits per heavy atom. The predicted molar refractivity (Wildman–Crippen MR) is 70.2 cm³/mol. The van der Waals surface area contributed by atoms with Crippen molar-refractivity contribution in [1.82, 2.24) is 5.32 Å². The molecule has 0 aliphatic rings. The summed E-state index contributed by atoms with van der Waals surface area (Å²) in [5.41, 5.74) is 7.80. The van der Waals surface area contributed by atoms with E-state index >= 15 is 0 Å². The van der Waals surface area contributed by atoms with Crippen molar-refractivity contribution in [2.45, 2.75) is 27.3 Å². The van der Waals surface area contributed by atoms with Gasteiger partial charge >= 0.3 is 0 Å². The van der Waals surface area contributed by atoms with Gasteiger partial charge in [-0.05, 0) is 30.5 Å². The molecule has 0 heterocycles. The van der Waals surface area contributed by atoms with Gasteiger partial charge in [-0.25, -0.2) is 4.39 Å². The Bertz CT molecular complexity index is 423. The SMILES string of the molecule is Cc1cc(CNCC(C)C(N)=NO)cc(C)c1F. The monoisotopic (exact) mass is 253 g/mol. The molecule has 0 saturated heterocycles. The van der Waals surface area contributed by atoms with E-state index in [1.807, 2.05) is 19.1 Å². The molecule has 0 bridgehead atoms. The lowest BCUT2D eigenvalue weighted by Gasteiger charge is -2.12. The minimum atomic E-state index is -0.149. The van der Waals surface area contributed by atoms with Crippen molar-refractivity contribution in [2.24, 2.45) is 16.8 Å². The molecule has 18 heavy (non-hydrogen) atoms. The number of nitrogens with zero attached hydrogens (tertiary/aromatic N) is 1. The largest absolute Gasteiger partial charge is 0.409 e. The van der Waals surface area contributed by atoms with E-state index in [1.165, 1.54) is 0 Å². The topological polar surface area (TPSA) is 70.6 Å². The molecule has 1 aromatic carbocycles. The van der Waals surface area contributed by atoms with Crippen molar-refractivity contribution in [1.29, 1.82) is 0 Å². The standard InChI is InChI=1S/C13H20FN3O/c1-8-4-11(5-9(2)12(8)14)7-16-6-10(3)13(15)17-18/h4-5,10,16,18H,6-7H2,1-3H3,(H2,15,17). The first-order chi connectivity index (χ1) is 8.45. The molecule has 0 fully saturated rings. The maximum Gasteiger partial charge on any atom is 0.143 e. The Kier molecular flexibility index (Phi) is 5.09. The first-order valence-electron chi connectivity index (χ1n) is 5.89. The number of benzene rings is 1.